The quantitative estimate of drug-likeness (QED) is 0.703. The first kappa shape index (κ1) is 18.1. The summed E-state index contributed by atoms with van der Waals surface area (Å²) in [6, 6.07) is 22.6. The minimum atomic E-state index is -0.291. The first-order valence-corrected chi connectivity index (χ1v) is 9.28. The summed E-state index contributed by atoms with van der Waals surface area (Å²) >= 11 is 0. The molecule has 1 atom stereocenters. The van der Waals surface area contributed by atoms with Gasteiger partial charge in [0, 0.05) is 18.2 Å². The van der Waals surface area contributed by atoms with Gasteiger partial charge in [-0.05, 0) is 11.6 Å². The van der Waals surface area contributed by atoms with Crippen LogP contribution < -0.4 is 5.56 Å². The van der Waals surface area contributed by atoms with Crippen LogP contribution in [-0.4, -0.2) is 40.3 Å². The molecule has 1 fully saturated rings. The molecule has 1 aromatic heterocycles. The van der Waals surface area contributed by atoms with Gasteiger partial charge in [-0.15, -0.1) is 0 Å². The molecule has 0 saturated carbocycles. The monoisotopic (exact) mass is 375 g/mol. The van der Waals surface area contributed by atoms with Crippen LogP contribution in [0, 0.1) is 0 Å². The molecular weight excluding hydrogens is 354 g/mol. The van der Waals surface area contributed by atoms with Crippen molar-refractivity contribution in [2.75, 3.05) is 19.7 Å². The molecule has 0 radical (unpaired) electrons. The fourth-order valence-corrected chi connectivity index (χ4v) is 3.30. The Kier molecular flexibility index (Phi) is 5.30. The number of aromatic nitrogens is 2. The number of benzene rings is 2. The van der Waals surface area contributed by atoms with Crippen LogP contribution in [-0.2, 0) is 16.1 Å². The van der Waals surface area contributed by atoms with Crippen LogP contribution in [0.1, 0.15) is 11.7 Å². The largest absolute Gasteiger partial charge is 0.370 e. The molecule has 142 valence electrons. The zero-order chi connectivity index (χ0) is 19.3. The number of rotatable bonds is 4. The topological polar surface area (TPSA) is 64.4 Å². The summed E-state index contributed by atoms with van der Waals surface area (Å²) in [6.45, 7) is 1.37. The lowest BCUT2D eigenvalue weighted by atomic mass is 10.1. The minimum absolute atomic E-state index is 0.0823. The molecule has 2 heterocycles. The molecule has 0 aliphatic carbocycles. The van der Waals surface area contributed by atoms with E-state index < -0.39 is 0 Å². The van der Waals surface area contributed by atoms with Crippen molar-refractivity contribution in [1.82, 2.24) is 14.7 Å². The van der Waals surface area contributed by atoms with E-state index in [1.165, 1.54) is 10.7 Å². The Morgan fingerprint density at radius 3 is 2.46 bits per heavy atom. The van der Waals surface area contributed by atoms with E-state index in [2.05, 4.69) is 5.10 Å². The summed E-state index contributed by atoms with van der Waals surface area (Å²) in [7, 11) is 0. The molecule has 4 rings (SSSR count). The highest BCUT2D eigenvalue weighted by Gasteiger charge is 2.25. The molecule has 28 heavy (non-hydrogen) atoms. The normalized spacial score (nSPS) is 16.7. The Labute approximate surface area is 163 Å². The Hall–Kier alpha value is -3.25. The molecule has 0 N–H and O–H groups in total. The van der Waals surface area contributed by atoms with Crippen molar-refractivity contribution in [2.24, 2.45) is 0 Å². The molecule has 3 aromatic rings. The zero-order valence-corrected chi connectivity index (χ0v) is 15.4. The van der Waals surface area contributed by atoms with Crippen molar-refractivity contribution in [3.05, 3.63) is 88.7 Å². The van der Waals surface area contributed by atoms with Gasteiger partial charge in [0.25, 0.3) is 5.56 Å². The van der Waals surface area contributed by atoms with Crippen molar-refractivity contribution in [3.63, 3.8) is 0 Å². The van der Waals surface area contributed by atoms with Gasteiger partial charge in [-0.3, -0.25) is 9.59 Å². The average molecular weight is 375 g/mol. The smallest absolute Gasteiger partial charge is 0.267 e. The minimum Gasteiger partial charge on any atom is -0.370 e. The van der Waals surface area contributed by atoms with Gasteiger partial charge in [-0.1, -0.05) is 60.7 Å². The number of ether oxygens (including phenoxy) is 1. The van der Waals surface area contributed by atoms with Gasteiger partial charge < -0.3 is 9.64 Å². The van der Waals surface area contributed by atoms with Crippen LogP contribution in [0.25, 0.3) is 11.3 Å². The first-order valence-electron chi connectivity index (χ1n) is 9.28. The Balaban J connectivity index is 1.50. The van der Waals surface area contributed by atoms with E-state index in [1.54, 1.807) is 11.0 Å². The van der Waals surface area contributed by atoms with Crippen molar-refractivity contribution in [1.29, 1.82) is 0 Å². The highest BCUT2D eigenvalue weighted by molar-refractivity contribution is 5.76. The number of nitrogens with zero attached hydrogens (tertiary/aromatic N) is 3. The van der Waals surface area contributed by atoms with Crippen LogP contribution in [0.5, 0.6) is 0 Å². The van der Waals surface area contributed by atoms with Crippen molar-refractivity contribution in [3.8, 4) is 11.3 Å². The molecule has 0 bridgehead atoms. The van der Waals surface area contributed by atoms with Gasteiger partial charge >= 0.3 is 0 Å². The summed E-state index contributed by atoms with van der Waals surface area (Å²) in [6.07, 6.45) is -0.153. The summed E-state index contributed by atoms with van der Waals surface area (Å²) in [5.41, 5.74) is 2.32. The number of hydrogen-bond acceptors (Lipinski definition) is 4. The summed E-state index contributed by atoms with van der Waals surface area (Å²) in [4.78, 5) is 26.8. The van der Waals surface area contributed by atoms with Gasteiger partial charge in [0.1, 0.15) is 12.6 Å². The van der Waals surface area contributed by atoms with E-state index in [4.69, 9.17) is 4.74 Å². The molecule has 1 aliphatic heterocycles. The molecule has 0 unspecified atom stereocenters. The van der Waals surface area contributed by atoms with Crippen LogP contribution in [0.15, 0.2) is 77.6 Å². The number of carbonyl (C=O) groups excluding carboxylic acids is 1. The lowest BCUT2D eigenvalue weighted by Crippen LogP contribution is -2.44. The standard InChI is InChI=1S/C22H21N3O3/c26-21-12-11-19(17-7-3-1-4-8-17)23-25(21)16-22(27)24-13-14-28-20(15-24)18-9-5-2-6-10-18/h1-12,20H,13-16H2/t20-/m1/s1. The number of amides is 1. The maximum absolute atomic E-state index is 12.8. The summed E-state index contributed by atoms with van der Waals surface area (Å²) in [5.74, 6) is -0.135. The molecule has 1 aliphatic rings. The molecule has 2 aromatic carbocycles. The van der Waals surface area contributed by atoms with Crippen LogP contribution in [0.4, 0.5) is 0 Å². The molecular formula is C22H21N3O3. The lowest BCUT2D eigenvalue weighted by Gasteiger charge is -2.33. The summed E-state index contributed by atoms with van der Waals surface area (Å²) < 4.78 is 7.05. The second-order valence-electron chi connectivity index (χ2n) is 6.69. The third kappa shape index (κ3) is 4.02. The van der Waals surface area contributed by atoms with Gasteiger partial charge in [-0.25, -0.2) is 4.68 Å². The van der Waals surface area contributed by atoms with Gasteiger partial charge in [-0.2, -0.15) is 5.10 Å². The molecule has 6 nitrogen and oxygen atoms in total. The third-order valence-electron chi connectivity index (χ3n) is 4.81. The number of hydrogen-bond donors (Lipinski definition) is 0. The van der Waals surface area contributed by atoms with E-state index >= 15 is 0 Å². The fraction of sp³-hybridized carbons (Fsp3) is 0.227. The predicted molar refractivity (Wildman–Crippen MR) is 106 cm³/mol. The molecule has 0 spiro atoms. The Morgan fingerprint density at radius 1 is 1.00 bits per heavy atom. The number of morpholine rings is 1. The van der Waals surface area contributed by atoms with E-state index in [9.17, 15) is 9.59 Å². The van der Waals surface area contributed by atoms with Gasteiger partial charge in [0.05, 0.1) is 18.8 Å². The summed E-state index contributed by atoms with van der Waals surface area (Å²) in [5, 5.41) is 4.38. The average Bonchev–Trinajstić information content (AvgIpc) is 2.76. The van der Waals surface area contributed by atoms with Crippen LogP contribution in [0.3, 0.4) is 0 Å². The molecule has 6 heteroatoms. The van der Waals surface area contributed by atoms with E-state index in [0.717, 1.165) is 11.1 Å². The number of carbonyl (C=O) groups is 1. The van der Waals surface area contributed by atoms with Crippen LogP contribution in [0.2, 0.25) is 0 Å². The third-order valence-corrected chi connectivity index (χ3v) is 4.81. The zero-order valence-electron chi connectivity index (χ0n) is 15.4. The van der Waals surface area contributed by atoms with E-state index in [1.807, 2.05) is 60.7 Å². The van der Waals surface area contributed by atoms with Gasteiger partial charge in [0.15, 0.2) is 0 Å². The highest BCUT2D eigenvalue weighted by Crippen LogP contribution is 2.22. The van der Waals surface area contributed by atoms with Gasteiger partial charge in [0.2, 0.25) is 5.91 Å². The first-order chi connectivity index (χ1) is 13.7. The Morgan fingerprint density at radius 2 is 1.71 bits per heavy atom. The van der Waals surface area contributed by atoms with Crippen LogP contribution >= 0.6 is 0 Å². The fourth-order valence-electron chi connectivity index (χ4n) is 3.30. The van der Waals surface area contributed by atoms with Crippen molar-refractivity contribution < 1.29 is 9.53 Å². The molecule has 1 amide bonds. The maximum Gasteiger partial charge on any atom is 0.267 e. The molecule has 1 saturated heterocycles. The SMILES string of the molecule is O=C(Cn1nc(-c2ccccc2)ccc1=O)N1CCO[C@@H](c2ccccc2)C1. The van der Waals surface area contributed by atoms with Crippen molar-refractivity contribution in [2.45, 2.75) is 12.6 Å². The maximum atomic E-state index is 12.8. The van der Waals surface area contributed by atoms with E-state index in [-0.39, 0.29) is 24.1 Å². The Bertz CT molecular complexity index is 1000. The predicted octanol–water partition coefficient (Wildman–Crippen LogP) is 2.51. The highest BCUT2D eigenvalue weighted by atomic mass is 16.5. The second-order valence-corrected chi connectivity index (χ2v) is 6.69. The lowest BCUT2D eigenvalue weighted by molar-refractivity contribution is -0.139. The van der Waals surface area contributed by atoms with E-state index in [0.29, 0.717) is 25.4 Å². The van der Waals surface area contributed by atoms with Crippen molar-refractivity contribution >= 4 is 5.91 Å². The second kappa shape index (κ2) is 8.19.